The first-order valence-corrected chi connectivity index (χ1v) is 6.02. The molecule has 0 N–H and O–H groups in total. The third-order valence-electron chi connectivity index (χ3n) is 1.25. The van der Waals surface area contributed by atoms with Crippen molar-refractivity contribution in [3.63, 3.8) is 0 Å². The molecular weight excluding hydrogens is 212 g/mol. The number of ether oxygens (including phenoxy) is 1. The Hall–Kier alpha value is -0.770. The van der Waals surface area contributed by atoms with E-state index in [1.807, 2.05) is 20.8 Å². The molecule has 0 aliphatic rings. The van der Waals surface area contributed by atoms with E-state index in [-0.39, 0.29) is 5.97 Å². The fourth-order valence-corrected chi connectivity index (χ4v) is 1.42. The van der Waals surface area contributed by atoms with Gasteiger partial charge in [-0.15, -0.1) is 0 Å². The Balaban J connectivity index is 3.59. The zero-order chi connectivity index (χ0) is 11.7. The van der Waals surface area contributed by atoms with Gasteiger partial charge in [-0.1, -0.05) is 6.08 Å². The number of hydrogen-bond donors (Lipinski definition) is 0. The van der Waals surface area contributed by atoms with Crippen LogP contribution in [-0.2, 0) is 14.3 Å². The van der Waals surface area contributed by atoms with Crippen molar-refractivity contribution in [1.29, 1.82) is 0 Å². The Morgan fingerprint density at radius 1 is 1.40 bits per heavy atom. The largest absolute Gasteiger partial charge is 0.457 e. The topological polar surface area (TPSA) is 43.4 Å². The summed E-state index contributed by atoms with van der Waals surface area (Å²) in [5.41, 5.74) is -0.438. The van der Waals surface area contributed by atoms with Gasteiger partial charge in [0.05, 0.1) is 0 Å². The average Bonchev–Trinajstić information content (AvgIpc) is 2.08. The van der Waals surface area contributed by atoms with E-state index < -0.39 is 5.60 Å². The van der Waals surface area contributed by atoms with Crippen LogP contribution in [-0.4, -0.2) is 29.4 Å². The van der Waals surface area contributed by atoms with Gasteiger partial charge in [-0.2, -0.15) is 11.8 Å². The fourth-order valence-electron chi connectivity index (χ4n) is 0.763. The third-order valence-corrected chi connectivity index (χ3v) is 2.21. The number of thioether (sulfide) groups is 1. The number of hydrogen-bond acceptors (Lipinski definition) is 4. The summed E-state index contributed by atoms with van der Waals surface area (Å²) < 4.78 is 5.07. The van der Waals surface area contributed by atoms with Gasteiger partial charge in [-0.25, -0.2) is 4.79 Å². The highest BCUT2D eigenvalue weighted by Gasteiger charge is 2.13. The molecular formula is C11H18O3S. The maximum atomic E-state index is 11.2. The van der Waals surface area contributed by atoms with Gasteiger partial charge in [0, 0.05) is 24.0 Å². The lowest BCUT2D eigenvalue weighted by atomic mass is 10.2. The molecule has 0 saturated carbocycles. The Morgan fingerprint density at radius 2 is 2.07 bits per heavy atom. The average molecular weight is 230 g/mol. The van der Waals surface area contributed by atoms with Crippen molar-refractivity contribution < 1.29 is 14.3 Å². The minimum Gasteiger partial charge on any atom is -0.457 e. The lowest BCUT2D eigenvalue weighted by molar-refractivity contribution is -0.148. The molecule has 0 radical (unpaired) electrons. The predicted octanol–water partition coefficient (Wildman–Crippen LogP) is 2.21. The van der Waals surface area contributed by atoms with Crippen LogP contribution in [0.5, 0.6) is 0 Å². The predicted molar refractivity (Wildman–Crippen MR) is 63.0 cm³/mol. The summed E-state index contributed by atoms with van der Waals surface area (Å²) in [7, 11) is 0. The second kappa shape index (κ2) is 7.51. The summed E-state index contributed by atoms with van der Waals surface area (Å²) >= 11 is 1.61. The molecule has 0 aromatic rings. The Labute approximate surface area is 95.3 Å². The van der Waals surface area contributed by atoms with Crippen LogP contribution in [0.4, 0.5) is 0 Å². The number of carbonyl (C=O) groups excluding carboxylic acids is 2. The van der Waals surface area contributed by atoms with Gasteiger partial charge < -0.3 is 9.53 Å². The number of esters is 1. The molecule has 0 rings (SSSR count). The van der Waals surface area contributed by atoms with E-state index in [1.54, 1.807) is 17.8 Å². The van der Waals surface area contributed by atoms with Crippen molar-refractivity contribution in [2.45, 2.75) is 32.8 Å². The van der Waals surface area contributed by atoms with E-state index >= 15 is 0 Å². The van der Waals surface area contributed by atoms with Gasteiger partial charge in [0.15, 0.2) is 0 Å². The molecule has 0 fully saturated rings. The molecule has 4 heteroatoms. The van der Waals surface area contributed by atoms with Crippen LogP contribution < -0.4 is 0 Å². The highest BCUT2D eigenvalue weighted by atomic mass is 32.2. The molecule has 0 spiro atoms. The fraction of sp³-hybridized carbons (Fsp3) is 0.636. The lowest BCUT2D eigenvalue weighted by Gasteiger charge is -2.17. The van der Waals surface area contributed by atoms with E-state index in [0.29, 0.717) is 6.42 Å². The van der Waals surface area contributed by atoms with Crippen molar-refractivity contribution in [3.8, 4) is 0 Å². The zero-order valence-corrected chi connectivity index (χ0v) is 10.3. The maximum Gasteiger partial charge on any atom is 0.330 e. The third kappa shape index (κ3) is 11.2. The summed E-state index contributed by atoms with van der Waals surface area (Å²) in [6.07, 6.45) is 4.64. The van der Waals surface area contributed by atoms with Crippen molar-refractivity contribution in [2.75, 3.05) is 11.5 Å². The quantitative estimate of drug-likeness (QED) is 0.304. The van der Waals surface area contributed by atoms with Crippen molar-refractivity contribution in [1.82, 2.24) is 0 Å². The number of rotatable bonds is 6. The van der Waals surface area contributed by atoms with Gasteiger partial charge in [0.25, 0.3) is 0 Å². The first-order valence-electron chi connectivity index (χ1n) is 4.86. The summed E-state index contributed by atoms with van der Waals surface area (Å²) in [5.74, 6) is 1.20. The molecule has 3 nitrogen and oxygen atoms in total. The molecule has 0 unspecified atom stereocenters. The van der Waals surface area contributed by atoms with E-state index in [0.717, 1.165) is 17.8 Å². The Morgan fingerprint density at radius 3 is 2.60 bits per heavy atom. The van der Waals surface area contributed by atoms with E-state index in [2.05, 4.69) is 0 Å². The zero-order valence-electron chi connectivity index (χ0n) is 9.49. The van der Waals surface area contributed by atoms with Gasteiger partial charge >= 0.3 is 5.97 Å². The van der Waals surface area contributed by atoms with Gasteiger partial charge in [-0.05, 0) is 20.8 Å². The van der Waals surface area contributed by atoms with Crippen molar-refractivity contribution in [3.05, 3.63) is 12.2 Å². The highest BCUT2D eigenvalue weighted by Crippen LogP contribution is 2.07. The molecule has 15 heavy (non-hydrogen) atoms. The Kier molecular flexibility index (Phi) is 7.13. The van der Waals surface area contributed by atoms with Crippen LogP contribution in [0.1, 0.15) is 27.2 Å². The molecule has 86 valence electrons. The van der Waals surface area contributed by atoms with Crippen LogP contribution in [0.25, 0.3) is 0 Å². The van der Waals surface area contributed by atoms with Crippen LogP contribution in [0.15, 0.2) is 12.2 Å². The van der Waals surface area contributed by atoms with Crippen LogP contribution in [0.2, 0.25) is 0 Å². The summed E-state index contributed by atoms with van der Waals surface area (Å²) in [6.45, 7) is 5.49. The highest BCUT2D eigenvalue weighted by molar-refractivity contribution is 7.99. The molecule has 0 aliphatic heterocycles. The molecule has 0 bridgehead atoms. The smallest absolute Gasteiger partial charge is 0.330 e. The minimum absolute atomic E-state index is 0.321. The van der Waals surface area contributed by atoms with Crippen LogP contribution >= 0.6 is 11.8 Å². The molecule has 0 amide bonds. The summed E-state index contributed by atoms with van der Waals surface area (Å²) in [6, 6.07) is 0. The molecule has 0 heterocycles. The monoisotopic (exact) mass is 230 g/mol. The van der Waals surface area contributed by atoms with E-state index in [9.17, 15) is 9.59 Å². The minimum atomic E-state index is -0.438. The van der Waals surface area contributed by atoms with Crippen LogP contribution in [0.3, 0.4) is 0 Å². The second-order valence-corrected chi connectivity index (χ2v) is 5.12. The molecule has 0 atom stereocenters. The van der Waals surface area contributed by atoms with Gasteiger partial charge in [0.2, 0.25) is 0 Å². The summed E-state index contributed by atoms with van der Waals surface area (Å²) in [5, 5.41) is 0. The van der Waals surface area contributed by atoms with E-state index in [4.69, 9.17) is 4.74 Å². The van der Waals surface area contributed by atoms with Gasteiger partial charge in [-0.3, -0.25) is 0 Å². The molecule has 0 aromatic carbocycles. The standard InChI is InChI=1S/C11H18O3S/c1-11(2,3)14-10(13)6-4-8-15-9-5-7-12/h4,6-7H,5,8-9H2,1-3H3/b6-4+. The van der Waals surface area contributed by atoms with Crippen molar-refractivity contribution >= 4 is 24.0 Å². The van der Waals surface area contributed by atoms with E-state index in [1.165, 1.54) is 6.08 Å². The Bertz CT molecular complexity index is 228. The lowest BCUT2D eigenvalue weighted by Crippen LogP contribution is -2.22. The SMILES string of the molecule is CC(C)(C)OC(=O)/C=C/CSCCC=O. The number of aldehydes is 1. The molecule has 0 saturated heterocycles. The second-order valence-electron chi connectivity index (χ2n) is 3.97. The molecule has 0 aliphatic carbocycles. The first-order chi connectivity index (χ1) is 6.95. The first kappa shape index (κ1) is 14.2. The molecule has 0 aromatic heterocycles. The maximum absolute atomic E-state index is 11.2. The normalized spacial score (nSPS) is 11.7. The van der Waals surface area contributed by atoms with Crippen LogP contribution in [0, 0.1) is 0 Å². The van der Waals surface area contributed by atoms with Crippen molar-refractivity contribution in [2.24, 2.45) is 0 Å². The number of carbonyl (C=O) groups is 2. The summed E-state index contributed by atoms with van der Waals surface area (Å²) in [4.78, 5) is 21.2. The van der Waals surface area contributed by atoms with Gasteiger partial charge in [0.1, 0.15) is 11.9 Å².